The van der Waals surface area contributed by atoms with Crippen molar-refractivity contribution >= 4 is 11.9 Å². The number of rotatable bonds is 0. The fraction of sp³-hybridized carbons (Fsp3) is 0.0769. The summed E-state index contributed by atoms with van der Waals surface area (Å²) in [6.07, 6.45) is 0. The average Bonchev–Trinajstić information content (AvgIpc) is 2.52. The smallest absolute Gasteiger partial charge is 0.340 e. The maximum Gasteiger partial charge on any atom is 0.340 e. The summed E-state index contributed by atoms with van der Waals surface area (Å²) in [4.78, 5) is 22.2. The molecule has 2 bridgehead atoms. The second-order valence-corrected chi connectivity index (χ2v) is 2.56. The zero-order valence-electron chi connectivity index (χ0n) is 9.48. The van der Waals surface area contributed by atoms with Crippen LogP contribution < -0.4 is 0 Å². The van der Waals surface area contributed by atoms with Crippen LogP contribution in [0.4, 0.5) is 0 Å². The SMILES string of the molecule is C=C.C=C.O=C1OCOC(=O)c2ccc1cc2. The van der Waals surface area contributed by atoms with Crippen LogP contribution in [-0.4, -0.2) is 18.7 Å². The number of hydrogen-bond acceptors (Lipinski definition) is 4. The van der Waals surface area contributed by atoms with Gasteiger partial charge in [0.1, 0.15) is 0 Å². The number of esters is 2. The Morgan fingerprint density at radius 2 is 1.06 bits per heavy atom. The summed E-state index contributed by atoms with van der Waals surface area (Å²) in [5.74, 6) is -0.970. The van der Waals surface area contributed by atoms with Crippen LogP contribution in [0.2, 0.25) is 0 Å². The molecule has 0 saturated heterocycles. The highest BCUT2D eigenvalue weighted by molar-refractivity contribution is 5.94. The van der Waals surface area contributed by atoms with E-state index in [-0.39, 0.29) is 6.79 Å². The Morgan fingerprint density at radius 3 is 1.35 bits per heavy atom. The Labute approximate surface area is 100 Å². The van der Waals surface area contributed by atoms with E-state index in [1.165, 1.54) is 24.3 Å². The molecule has 3 rings (SSSR count). The van der Waals surface area contributed by atoms with Gasteiger partial charge < -0.3 is 9.47 Å². The molecule has 0 atom stereocenters. The lowest BCUT2D eigenvalue weighted by Crippen LogP contribution is -2.09. The summed E-state index contributed by atoms with van der Waals surface area (Å²) >= 11 is 0. The molecule has 4 heteroatoms. The van der Waals surface area contributed by atoms with Crippen molar-refractivity contribution in [3.05, 3.63) is 61.7 Å². The van der Waals surface area contributed by atoms with E-state index in [1.807, 2.05) is 0 Å². The van der Waals surface area contributed by atoms with Crippen LogP contribution in [0.15, 0.2) is 50.6 Å². The van der Waals surface area contributed by atoms with E-state index >= 15 is 0 Å². The minimum atomic E-state index is -0.485. The van der Waals surface area contributed by atoms with E-state index in [4.69, 9.17) is 0 Å². The summed E-state index contributed by atoms with van der Waals surface area (Å²) in [6.45, 7) is 11.7. The highest BCUT2D eigenvalue weighted by Gasteiger charge is 2.14. The Balaban J connectivity index is 0.000000581. The third kappa shape index (κ3) is 3.95. The lowest BCUT2D eigenvalue weighted by molar-refractivity contribution is -0.0161. The van der Waals surface area contributed by atoms with E-state index in [2.05, 4.69) is 35.8 Å². The molecule has 0 unspecified atom stereocenters. The zero-order valence-corrected chi connectivity index (χ0v) is 9.48. The zero-order chi connectivity index (χ0) is 13.3. The van der Waals surface area contributed by atoms with E-state index in [0.29, 0.717) is 11.1 Å². The molecule has 0 aromatic heterocycles. The molecule has 1 aromatic rings. The number of fused-ring (bicyclic) bond motifs is 6. The highest BCUT2D eigenvalue weighted by Crippen LogP contribution is 2.09. The fourth-order valence-electron chi connectivity index (χ4n) is 1.05. The summed E-state index contributed by atoms with van der Waals surface area (Å²) in [5.41, 5.74) is 0.837. The van der Waals surface area contributed by atoms with E-state index in [9.17, 15) is 9.59 Å². The van der Waals surface area contributed by atoms with Gasteiger partial charge in [-0.2, -0.15) is 0 Å². The van der Waals surface area contributed by atoms with E-state index in [0.717, 1.165) is 0 Å². The van der Waals surface area contributed by atoms with Crippen molar-refractivity contribution in [1.29, 1.82) is 0 Å². The third-order valence-electron chi connectivity index (χ3n) is 1.74. The van der Waals surface area contributed by atoms with Crippen molar-refractivity contribution in [3.63, 3.8) is 0 Å². The number of carbonyl (C=O) groups excluding carboxylic acids is 2. The second kappa shape index (κ2) is 7.87. The Morgan fingerprint density at radius 1 is 0.765 bits per heavy atom. The first-order chi connectivity index (χ1) is 8.27. The summed E-state index contributed by atoms with van der Waals surface area (Å²) in [7, 11) is 0. The molecule has 0 amide bonds. The van der Waals surface area contributed by atoms with Crippen molar-refractivity contribution < 1.29 is 19.1 Å². The molecule has 2 aliphatic rings. The first kappa shape index (κ1) is 14.6. The molecule has 0 fully saturated rings. The van der Waals surface area contributed by atoms with Gasteiger partial charge in [0.05, 0.1) is 11.1 Å². The number of hydrogen-bond donors (Lipinski definition) is 0. The topological polar surface area (TPSA) is 52.6 Å². The van der Waals surface area contributed by atoms with Crippen LogP contribution in [0, 0.1) is 0 Å². The molecule has 90 valence electrons. The first-order valence-corrected chi connectivity index (χ1v) is 4.72. The van der Waals surface area contributed by atoms with Gasteiger partial charge in [0.2, 0.25) is 6.79 Å². The van der Waals surface area contributed by atoms with Crippen LogP contribution in [0.5, 0.6) is 0 Å². The largest absolute Gasteiger partial charge is 0.424 e. The lowest BCUT2D eigenvalue weighted by atomic mass is 10.1. The van der Waals surface area contributed by atoms with Gasteiger partial charge in [0.25, 0.3) is 0 Å². The molecule has 2 heterocycles. The van der Waals surface area contributed by atoms with Crippen LogP contribution in [0.1, 0.15) is 20.7 Å². The second-order valence-electron chi connectivity index (χ2n) is 2.56. The molecule has 17 heavy (non-hydrogen) atoms. The molecule has 0 saturated carbocycles. The van der Waals surface area contributed by atoms with Gasteiger partial charge in [-0.1, -0.05) is 0 Å². The van der Waals surface area contributed by atoms with Crippen molar-refractivity contribution in [2.75, 3.05) is 6.79 Å². The monoisotopic (exact) mass is 234 g/mol. The standard InChI is InChI=1S/C9H6O4.2C2H4/c10-8-6-1-2-7(4-3-6)9(11)13-5-12-8;2*1-2/h1-4H,5H2;2*1-2H2. The van der Waals surface area contributed by atoms with Crippen LogP contribution in [0.25, 0.3) is 0 Å². The fourth-order valence-corrected chi connectivity index (χ4v) is 1.05. The summed E-state index contributed by atoms with van der Waals surface area (Å²) in [6, 6.07) is 6.13. The van der Waals surface area contributed by atoms with Gasteiger partial charge in [-0.3, -0.25) is 0 Å². The minimum absolute atomic E-state index is 0.325. The van der Waals surface area contributed by atoms with Crippen molar-refractivity contribution in [2.24, 2.45) is 0 Å². The van der Waals surface area contributed by atoms with Crippen molar-refractivity contribution in [2.45, 2.75) is 0 Å². The van der Waals surface area contributed by atoms with Crippen LogP contribution in [0.3, 0.4) is 0 Å². The average molecular weight is 234 g/mol. The predicted molar refractivity (Wildman–Crippen MR) is 64.6 cm³/mol. The molecular formula is C13H14O4. The van der Waals surface area contributed by atoms with Gasteiger partial charge in [-0.15, -0.1) is 26.3 Å². The van der Waals surface area contributed by atoms with Gasteiger partial charge in [-0.05, 0) is 24.3 Å². The van der Waals surface area contributed by atoms with E-state index in [1.54, 1.807) is 0 Å². The molecular weight excluding hydrogens is 220 g/mol. The molecule has 0 N–H and O–H groups in total. The maximum atomic E-state index is 11.1. The Kier molecular flexibility index (Phi) is 6.78. The van der Waals surface area contributed by atoms with Gasteiger partial charge in [-0.25, -0.2) is 9.59 Å². The molecule has 0 radical (unpaired) electrons. The molecule has 2 aliphatic heterocycles. The van der Waals surface area contributed by atoms with Gasteiger partial charge >= 0.3 is 11.9 Å². The quantitative estimate of drug-likeness (QED) is 0.511. The van der Waals surface area contributed by atoms with Crippen molar-refractivity contribution in [3.8, 4) is 0 Å². The van der Waals surface area contributed by atoms with Crippen LogP contribution >= 0.6 is 0 Å². The Bertz CT molecular complexity index is 344. The number of carbonyl (C=O) groups is 2. The summed E-state index contributed by atoms with van der Waals surface area (Å²) in [5, 5.41) is 0. The highest BCUT2D eigenvalue weighted by atomic mass is 16.7. The molecule has 0 aliphatic carbocycles. The number of ether oxygens (including phenoxy) is 2. The maximum absolute atomic E-state index is 11.1. The third-order valence-corrected chi connectivity index (χ3v) is 1.74. The van der Waals surface area contributed by atoms with E-state index < -0.39 is 11.9 Å². The predicted octanol–water partition coefficient (Wildman–Crippen LogP) is 2.58. The molecule has 4 nitrogen and oxygen atoms in total. The normalized spacial score (nSPS) is 12.2. The lowest BCUT2D eigenvalue weighted by Gasteiger charge is -2.01. The Hall–Kier alpha value is -2.36. The van der Waals surface area contributed by atoms with Gasteiger partial charge in [0.15, 0.2) is 0 Å². The number of benzene rings is 1. The van der Waals surface area contributed by atoms with Gasteiger partial charge in [0, 0.05) is 0 Å². The summed E-state index contributed by atoms with van der Waals surface area (Å²) < 4.78 is 9.26. The molecule has 1 aromatic carbocycles. The van der Waals surface area contributed by atoms with Crippen LogP contribution in [-0.2, 0) is 9.47 Å². The van der Waals surface area contributed by atoms with Crippen molar-refractivity contribution in [1.82, 2.24) is 0 Å². The first-order valence-electron chi connectivity index (χ1n) is 4.72. The molecule has 0 spiro atoms. The minimum Gasteiger partial charge on any atom is -0.424 e.